The minimum absolute atomic E-state index is 0.474. The van der Waals surface area contributed by atoms with Crippen LogP contribution >= 0.6 is 11.6 Å². The van der Waals surface area contributed by atoms with Crippen molar-refractivity contribution in [2.45, 2.75) is 0 Å². The number of nitrogens with two attached hydrogens (primary N) is 1. The molecule has 1 aromatic heterocycles. The maximum atomic E-state index is 5.99. The largest absolute Gasteiger partial charge is 0.495 e. The summed E-state index contributed by atoms with van der Waals surface area (Å²) < 4.78 is 6.71. The van der Waals surface area contributed by atoms with Gasteiger partial charge in [-0.05, 0) is 18.2 Å². The van der Waals surface area contributed by atoms with Crippen LogP contribution in [0.1, 0.15) is 0 Å². The smallest absolute Gasteiger partial charge is 0.145 e. The van der Waals surface area contributed by atoms with Gasteiger partial charge in [-0.15, -0.1) is 0 Å². The number of ether oxygens (including phenoxy) is 1. The summed E-state index contributed by atoms with van der Waals surface area (Å²) in [6, 6.07) is 7.14. The zero-order valence-electron chi connectivity index (χ0n) is 8.14. The first-order chi connectivity index (χ1) is 7.20. The molecule has 15 heavy (non-hydrogen) atoms. The van der Waals surface area contributed by atoms with Crippen LogP contribution < -0.4 is 10.5 Å². The van der Waals surface area contributed by atoms with E-state index in [9.17, 15) is 0 Å². The van der Waals surface area contributed by atoms with Crippen molar-refractivity contribution in [1.82, 2.24) is 9.78 Å². The molecule has 0 aliphatic rings. The van der Waals surface area contributed by atoms with E-state index in [1.54, 1.807) is 36.2 Å². The lowest BCUT2D eigenvalue weighted by atomic mass is 10.3. The van der Waals surface area contributed by atoms with Crippen LogP contribution in [0.4, 0.5) is 5.82 Å². The number of halogens is 1. The summed E-state index contributed by atoms with van der Waals surface area (Å²) in [6.45, 7) is 0. The number of rotatable bonds is 2. The summed E-state index contributed by atoms with van der Waals surface area (Å²) in [5.41, 5.74) is 6.37. The third-order valence-corrected chi connectivity index (χ3v) is 2.30. The Kier molecular flexibility index (Phi) is 2.51. The summed E-state index contributed by atoms with van der Waals surface area (Å²) >= 11 is 5.99. The summed E-state index contributed by atoms with van der Waals surface area (Å²) in [7, 11) is 1.58. The predicted octanol–water partition coefficient (Wildman–Crippen LogP) is 2.12. The van der Waals surface area contributed by atoms with Crippen LogP contribution in [0.3, 0.4) is 0 Å². The van der Waals surface area contributed by atoms with E-state index in [1.165, 1.54) is 0 Å². The van der Waals surface area contributed by atoms with Crippen LogP contribution in [0, 0.1) is 0 Å². The molecule has 0 saturated carbocycles. The second kappa shape index (κ2) is 3.82. The summed E-state index contributed by atoms with van der Waals surface area (Å²) in [5, 5.41) is 4.62. The monoisotopic (exact) mass is 223 g/mol. The minimum Gasteiger partial charge on any atom is -0.495 e. The molecule has 0 spiro atoms. The predicted molar refractivity (Wildman–Crippen MR) is 59.5 cm³/mol. The second-order valence-corrected chi connectivity index (χ2v) is 3.41. The molecule has 0 unspecified atom stereocenters. The number of methoxy groups -OCH3 is 1. The van der Waals surface area contributed by atoms with E-state index < -0.39 is 0 Å². The van der Waals surface area contributed by atoms with Crippen LogP contribution in [-0.4, -0.2) is 16.9 Å². The zero-order valence-corrected chi connectivity index (χ0v) is 8.90. The Hall–Kier alpha value is -1.68. The van der Waals surface area contributed by atoms with Crippen molar-refractivity contribution in [3.63, 3.8) is 0 Å². The Morgan fingerprint density at radius 2 is 2.20 bits per heavy atom. The third kappa shape index (κ3) is 1.89. The molecule has 4 nitrogen and oxygen atoms in total. The highest BCUT2D eigenvalue weighted by Gasteiger charge is 2.03. The number of hydrogen-bond donors (Lipinski definition) is 1. The Morgan fingerprint density at radius 1 is 1.40 bits per heavy atom. The Bertz CT molecular complexity index is 481. The molecule has 5 heteroatoms. The van der Waals surface area contributed by atoms with Crippen molar-refractivity contribution in [3.8, 4) is 11.4 Å². The van der Waals surface area contributed by atoms with Gasteiger partial charge in [0.05, 0.1) is 17.8 Å². The number of aromatic nitrogens is 2. The average Bonchev–Trinajstić information content (AvgIpc) is 2.65. The van der Waals surface area contributed by atoms with E-state index >= 15 is 0 Å². The fourth-order valence-corrected chi connectivity index (χ4v) is 1.53. The molecule has 2 N–H and O–H groups in total. The van der Waals surface area contributed by atoms with Gasteiger partial charge < -0.3 is 10.5 Å². The summed E-state index contributed by atoms with van der Waals surface area (Å²) in [4.78, 5) is 0. The maximum absolute atomic E-state index is 5.99. The number of nitrogen functional groups attached to an aromatic ring is 1. The Labute approximate surface area is 92.2 Å². The Morgan fingerprint density at radius 3 is 2.73 bits per heavy atom. The fourth-order valence-electron chi connectivity index (χ4n) is 1.28. The van der Waals surface area contributed by atoms with E-state index in [1.807, 2.05) is 6.07 Å². The van der Waals surface area contributed by atoms with Gasteiger partial charge in [0, 0.05) is 12.3 Å². The highest BCUT2D eigenvalue weighted by atomic mass is 35.5. The maximum Gasteiger partial charge on any atom is 0.145 e. The lowest BCUT2D eigenvalue weighted by Gasteiger charge is -2.05. The first kappa shape index (κ1) is 9.86. The van der Waals surface area contributed by atoms with E-state index in [0.29, 0.717) is 16.6 Å². The SMILES string of the molecule is COc1ccc(-n2ccc(N)n2)cc1Cl. The van der Waals surface area contributed by atoms with Gasteiger partial charge in [0.2, 0.25) is 0 Å². The van der Waals surface area contributed by atoms with E-state index in [0.717, 1.165) is 5.69 Å². The van der Waals surface area contributed by atoms with Crippen LogP contribution in [-0.2, 0) is 0 Å². The molecule has 0 fully saturated rings. The lowest BCUT2D eigenvalue weighted by molar-refractivity contribution is 0.415. The molecule has 78 valence electrons. The van der Waals surface area contributed by atoms with Gasteiger partial charge in [0.25, 0.3) is 0 Å². The molecule has 2 rings (SSSR count). The van der Waals surface area contributed by atoms with E-state index in [4.69, 9.17) is 22.1 Å². The second-order valence-electron chi connectivity index (χ2n) is 3.00. The molecule has 1 aromatic carbocycles. The van der Waals surface area contributed by atoms with Crippen LogP contribution in [0.2, 0.25) is 5.02 Å². The summed E-state index contributed by atoms with van der Waals surface area (Å²) in [6.07, 6.45) is 1.77. The number of hydrogen-bond acceptors (Lipinski definition) is 3. The molecule has 0 aliphatic heterocycles. The standard InChI is InChI=1S/C10H10ClN3O/c1-15-9-3-2-7(6-8(9)11)14-5-4-10(12)13-14/h2-6H,1H3,(H2,12,13). The first-order valence-electron chi connectivity index (χ1n) is 4.36. The molecule has 2 aromatic rings. The minimum atomic E-state index is 0.474. The Balaban J connectivity index is 2.42. The van der Waals surface area contributed by atoms with Gasteiger partial charge >= 0.3 is 0 Å². The summed E-state index contributed by atoms with van der Waals surface area (Å²) in [5.74, 6) is 1.11. The molecule has 0 amide bonds. The number of nitrogens with zero attached hydrogens (tertiary/aromatic N) is 2. The van der Waals surface area contributed by atoms with Crippen molar-refractivity contribution in [2.75, 3.05) is 12.8 Å². The van der Waals surface area contributed by atoms with Gasteiger partial charge in [-0.3, -0.25) is 0 Å². The first-order valence-corrected chi connectivity index (χ1v) is 4.73. The van der Waals surface area contributed by atoms with Crippen molar-refractivity contribution in [2.24, 2.45) is 0 Å². The van der Waals surface area contributed by atoms with Crippen molar-refractivity contribution < 1.29 is 4.74 Å². The third-order valence-electron chi connectivity index (χ3n) is 2.01. The van der Waals surface area contributed by atoms with Crippen LogP contribution in [0.15, 0.2) is 30.5 Å². The van der Waals surface area contributed by atoms with Crippen molar-refractivity contribution in [3.05, 3.63) is 35.5 Å². The molecule has 0 saturated heterocycles. The van der Waals surface area contributed by atoms with Crippen LogP contribution in [0.25, 0.3) is 5.69 Å². The van der Waals surface area contributed by atoms with Crippen molar-refractivity contribution >= 4 is 17.4 Å². The molecule has 1 heterocycles. The molecular weight excluding hydrogens is 214 g/mol. The topological polar surface area (TPSA) is 53.1 Å². The molecule has 0 bridgehead atoms. The average molecular weight is 224 g/mol. The molecule has 0 radical (unpaired) electrons. The van der Waals surface area contributed by atoms with Crippen molar-refractivity contribution in [1.29, 1.82) is 0 Å². The van der Waals surface area contributed by atoms with Gasteiger partial charge in [-0.2, -0.15) is 5.10 Å². The zero-order chi connectivity index (χ0) is 10.8. The molecule has 0 atom stereocenters. The van der Waals surface area contributed by atoms with Gasteiger partial charge in [-0.25, -0.2) is 4.68 Å². The highest BCUT2D eigenvalue weighted by Crippen LogP contribution is 2.26. The lowest BCUT2D eigenvalue weighted by Crippen LogP contribution is -1.96. The van der Waals surface area contributed by atoms with Crippen LogP contribution in [0.5, 0.6) is 5.75 Å². The van der Waals surface area contributed by atoms with Gasteiger partial charge in [-0.1, -0.05) is 11.6 Å². The van der Waals surface area contributed by atoms with Gasteiger partial charge in [0.15, 0.2) is 0 Å². The quantitative estimate of drug-likeness (QED) is 0.849. The van der Waals surface area contributed by atoms with Gasteiger partial charge in [0.1, 0.15) is 11.6 Å². The molecular formula is C10H10ClN3O. The molecule has 0 aliphatic carbocycles. The number of anilines is 1. The highest BCUT2D eigenvalue weighted by molar-refractivity contribution is 6.32. The number of benzene rings is 1. The van der Waals surface area contributed by atoms with E-state index in [2.05, 4.69) is 5.10 Å². The fraction of sp³-hybridized carbons (Fsp3) is 0.100. The normalized spacial score (nSPS) is 10.3. The van der Waals surface area contributed by atoms with E-state index in [-0.39, 0.29) is 0 Å².